The lowest BCUT2D eigenvalue weighted by atomic mass is 10.3. The van der Waals surface area contributed by atoms with E-state index in [-0.39, 0.29) is 12.4 Å². The summed E-state index contributed by atoms with van der Waals surface area (Å²) in [6.07, 6.45) is 1.50. The van der Waals surface area contributed by atoms with Crippen LogP contribution >= 0.6 is 11.3 Å². The van der Waals surface area contributed by atoms with Gasteiger partial charge in [0.2, 0.25) is 0 Å². The van der Waals surface area contributed by atoms with Crippen molar-refractivity contribution in [2.75, 3.05) is 17.2 Å². The standard InChI is InChI=1S/C13H10FN3O2S/c14-9-3-5-10(6-4-9)16-12(19)17-13-15-8-11(20-13)2-1-7-18/h3-6,8,18H,7H2,(H2,15,16,17,19). The van der Waals surface area contributed by atoms with Crippen molar-refractivity contribution in [2.24, 2.45) is 0 Å². The molecule has 0 radical (unpaired) electrons. The van der Waals surface area contributed by atoms with E-state index < -0.39 is 6.03 Å². The Kier molecular flexibility index (Phi) is 4.65. The zero-order chi connectivity index (χ0) is 14.4. The predicted molar refractivity (Wildman–Crippen MR) is 75.1 cm³/mol. The molecule has 2 rings (SSSR count). The maximum absolute atomic E-state index is 12.7. The molecule has 0 aliphatic heterocycles. The second-order valence-electron chi connectivity index (χ2n) is 3.58. The van der Waals surface area contributed by atoms with Gasteiger partial charge in [0.05, 0.1) is 11.1 Å². The van der Waals surface area contributed by atoms with E-state index in [2.05, 4.69) is 27.5 Å². The number of aliphatic hydroxyl groups excluding tert-OH is 1. The normalized spacial score (nSPS) is 9.50. The minimum atomic E-state index is -0.479. The summed E-state index contributed by atoms with van der Waals surface area (Å²) >= 11 is 1.19. The molecule has 5 nitrogen and oxygen atoms in total. The van der Waals surface area contributed by atoms with Crippen molar-refractivity contribution in [1.29, 1.82) is 0 Å². The Morgan fingerprint density at radius 1 is 1.35 bits per heavy atom. The van der Waals surface area contributed by atoms with Gasteiger partial charge in [0.25, 0.3) is 0 Å². The SMILES string of the molecule is O=C(Nc1ccc(F)cc1)Nc1ncc(C#CCO)s1. The third kappa shape index (κ3) is 4.05. The Morgan fingerprint density at radius 2 is 2.10 bits per heavy atom. The van der Waals surface area contributed by atoms with Gasteiger partial charge in [-0.05, 0) is 24.3 Å². The van der Waals surface area contributed by atoms with Crippen molar-refractivity contribution < 1.29 is 14.3 Å². The first kappa shape index (κ1) is 14.0. The van der Waals surface area contributed by atoms with E-state index in [1.54, 1.807) is 0 Å². The van der Waals surface area contributed by atoms with Gasteiger partial charge in [0.1, 0.15) is 12.4 Å². The monoisotopic (exact) mass is 291 g/mol. The van der Waals surface area contributed by atoms with Crippen LogP contribution in [0.1, 0.15) is 4.88 Å². The maximum atomic E-state index is 12.7. The van der Waals surface area contributed by atoms with Crippen molar-refractivity contribution in [3.63, 3.8) is 0 Å². The van der Waals surface area contributed by atoms with E-state index in [1.165, 1.54) is 41.8 Å². The third-order valence-corrected chi connectivity index (χ3v) is 2.95. The number of halogens is 1. The highest BCUT2D eigenvalue weighted by Gasteiger charge is 2.06. The Balaban J connectivity index is 1.94. The van der Waals surface area contributed by atoms with Crippen molar-refractivity contribution in [3.8, 4) is 11.8 Å². The molecule has 0 aliphatic carbocycles. The summed E-state index contributed by atoms with van der Waals surface area (Å²) in [6.45, 7) is -0.230. The van der Waals surface area contributed by atoms with Crippen LogP contribution in [0.2, 0.25) is 0 Å². The number of anilines is 2. The topological polar surface area (TPSA) is 74.2 Å². The minimum Gasteiger partial charge on any atom is -0.384 e. The molecule has 2 amide bonds. The number of aromatic nitrogens is 1. The maximum Gasteiger partial charge on any atom is 0.325 e. The van der Waals surface area contributed by atoms with Crippen LogP contribution in [-0.4, -0.2) is 22.7 Å². The van der Waals surface area contributed by atoms with Crippen LogP contribution in [0.3, 0.4) is 0 Å². The number of hydrogen-bond donors (Lipinski definition) is 3. The van der Waals surface area contributed by atoms with E-state index in [1.807, 2.05) is 0 Å². The van der Waals surface area contributed by atoms with Crippen molar-refractivity contribution in [1.82, 2.24) is 4.98 Å². The van der Waals surface area contributed by atoms with Crippen molar-refractivity contribution in [2.45, 2.75) is 0 Å². The van der Waals surface area contributed by atoms with E-state index >= 15 is 0 Å². The fourth-order valence-electron chi connectivity index (χ4n) is 1.31. The Labute approximate surface area is 118 Å². The molecule has 0 saturated heterocycles. The third-order valence-electron chi connectivity index (χ3n) is 2.12. The second kappa shape index (κ2) is 6.65. The molecule has 3 N–H and O–H groups in total. The predicted octanol–water partition coefficient (Wildman–Crippen LogP) is 2.27. The molecule has 0 unspecified atom stereocenters. The van der Waals surface area contributed by atoms with Crippen LogP contribution in [0.15, 0.2) is 30.5 Å². The highest BCUT2D eigenvalue weighted by atomic mass is 32.1. The number of hydrogen-bond acceptors (Lipinski definition) is 4. The van der Waals surface area contributed by atoms with Gasteiger partial charge in [-0.25, -0.2) is 14.2 Å². The molecule has 1 aromatic heterocycles. The van der Waals surface area contributed by atoms with Crippen LogP contribution in [0, 0.1) is 17.7 Å². The number of amides is 2. The Bertz CT molecular complexity index is 658. The molecule has 0 saturated carbocycles. The summed E-state index contributed by atoms with van der Waals surface area (Å²) < 4.78 is 12.7. The van der Waals surface area contributed by atoms with E-state index in [0.29, 0.717) is 15.7 Å². The molecule has 1 heterocycles. The van der Waals surface area contributed by atoms with Gasteiger partial charge in [-0.15, -0.1) is 0 Å². The molecular formula is C13H10FN3O2S. The number of thiazole rings is 1. The summed E-state index contributed by atoms with van der Waals surface area (Å²) in [5, 5.41) is 14.0. The summed E-state index contributed by atoms with van der Waals surface area (Å²) in [5.74, 6) is 4.80. The van der Waals surface area contributed by atoms with E-state index in [0.717, 1.165) is 0 Å². The first-order valence-corrected chi connectivity index (χ1v) is 6.38. The average Bonchev–Trinajstić information content (AvgIpc) is 2.86. The summed E-state index contributed by atoms with van der Waals surface area (Å²) in [4.78, 5) is 16.3. The van der Waals surface area contributed by atoms with Gasteiger partial charge < -0.3 is 10.4 Å². The zero-order valence-corrected chi connectivity index (χ0v) is 11.0. The molecule has 0 fully saturated rings. The molecule has 7 heteroatoms. The van der Waals surface area contributed by atoms with Gasteiger partial charge in [-0.3, -0.25) is 5.32 Å². The first-order chi connectivity index (χ1) is 9.67. The average molecular weight is 291 g/mol. The molecular weight excluding hydrogens is 281 g/mol. The van der Waals surface area contributed by atoms with Crippen LogP contribution in [0.25, 0.3) is 0 Å². The number of urea groups is 1. The minimum absolute atomic E-state index is 0.230. The van der Waals surface area contributed by atoms with E-state index in [4.69, 9.17) is 5.11 Å². The number of benzene rings is 1. The lowest BCUT2D eigenvalue weighted by Crippen LogP contribution is -2.19. The fraction of sp³-hybridized carbons (Fsp3) is 0.0769. The van der Waals surface area contributed by atoms with Gasteiger partial charge in [-0.2, -0.15) is 0 Å². The number of carbonyl (C=O) groups excluding carboxylic acids is 1. The second-order valence-corrected chi connectivity index (χ2v) is 4.61. The molecule has 0 aliphatic rings. The lowest BCUT2D eigenvalue weighted by molar-refractivity contribution is 0.262. The van der Waals surface area contributed by atoms with Gasteiger partial charge in [0, 0.05) is 5.69 Å². The zero-order valence-electron chi connectivity index (χ0n) is 10.2. The Morgan fingerprint density at radius 3 is 2.80 bits per heavy atom. The van der Waals surface area contributed by atoms with Gasteiger partial charge in [0.15, 0.2) is 5.13 Å². The van der Waals surface area contributed by atoms with Crippen LogP contribution in [-0.2, 0) is 0 Å². The number of nitrogens with one attached hydrogen (secondary N) is 2. The highest BCUT2D eigenvalue weighted by Crippen LogP contribution is 2.17. The fourth-order valence-corrected chi connectivity index (χ4v) is 2.00. The summed E-state index contributed by atoms with van der Waals surface area (Å²) in [7, 11) is 0. The van der Waals surface area contributed by atoms with Crippen LogP contribution in [0.4, 0.5) is 20.0 Å². The summed E-state index contributed by atoms with van der Waals surface area (Å²) in [5.41, 5.74) is 0.473. The Hall–Kier alpha value is -2.43. The molecule has 2 aromatic rings. The number of carbonyl (C=O) groups is 1. The van der Waals surface area contributed by atoms with Crippen LogP contribution in [0.5, 0.6) is 0 Å². The van der Waals surface area contributed by atoms with Crippen molar-refractivity contribution >= 4 is 28.2 Å². The van der Waals surface area contributed by atoms with Crippen molar-refractivity contribution in [3.05, 3.63) is 41.2 Å². The number of nitrogens with zero attached hydrogens (tertiary/aromatic N) is 1. The first-order valence-electron chi connectivity index (χ1n) is 5.56. The molecule has 102 valence electrons. The molecule has 1 aromatic carbocycles. The largest absolute Gasteiger partial charge is 0.384 e. The quantitative estimate of drug-likeness (QED) is 0.743. The molecule has 0 bridgehead atoms. The lowest BCUT2D eigenvalue weighted by Gasteiger charge is -2.04. The summed E-state index contributed by atoms with van der Waals surface area (Å²) in [6, 6.07) is 4.93. The molecule has 20 heavy (non-hydrogen) atoms. The molecule has 0 spiro atoms. The highest BCUT2D eigenvalue weighted by molar-refractivity contribution is 7.16. The van der Waals surface area contributed by atoms with Gasteiger partial charge in [-0.1, -0.05) is 23.2 Å². The smallest absolute Gasteiger partial charge is 0.325 e. The van der Waals surface area contributed by atoms with E-state index in [9.17, 15) is 9.18 Å². The molecule has 0 atom stereocenters. The van der Waals surface area contributed by atoms with Crippen LogP contribution < -0.4 is 10.6 Å². The number of rotatable bonds is 2. The number of aliphatic hydroxyl groups is 1. The van der Waals surface area contributed by atoms with Gasteiger partial charge >= 0.3 is 6.03 Å².